The molecule has 0 fully saturated rings. The topological polar surface area (TPSA) is 78.7 Å². The van der Waals surface area contributed by atoms with Gasteiger partial charge in [0.15, 0.2) is 0 Å². The minimum absolute atomic E-state index is 0.235. The van der Waals surface area contributed by atoms with E-state index in [9.17, 15) is 4.79 Å². The van der Waals surface area contributed by atoms with Gasteiger partial charge in [-0.3, -0.25) is 4.68 Å². The highest BCUT2D eigenvalue weighted by atomic mass is 16.6. The van der Waals surface area contributed by atoms with Crippen molar-refractivity contribution in [3.8, 4) is 23.0 Å². The fourth-order valence-corrected chi connectivity index (χ4v) is 5.40. The molecular formula is C37H38N4O4. The highest BCUT2D eigenvalue weighted by Gasteiger charge is 2.21. The maximum absolute atomic E-state index is 12.4. The highest BCUT2D eigenvalue weighted by Crippen LogP contribution is 2.36. The zero-order chi connectivity index (χ0) is 31.0. The zero-order valence-electron chi connectivity index (χ0n) is 25.8. The van der Waals surface area contributed by atoms with Crippen molar-refractivity contribution in [2.45, 2.75) is 39.4 Å². The minimum atomic E-state index is -0.235. The van der Waals surface area contributed by atoms with Crippen molar-refractivity contribution in [1.29, 1.82) is 0 Å². The van der Waals surface area contributed by atoms with E-state index >= 15 is 0 Å². The second kappa shape index (κ2) is 14.1. The standard InChI is InChI=1S/C37H38N4O4/c1-3-4-23-43-37(42)41-21-19-29(20-22-41)30-15-16-31-33(24-30)40(2)39-35(31)32-17-18-34(44-25-27-11-7-5-8-12-27)38-36(32)45-26-28-13-9-6-10-14-28/h5-19,24H,3-4,20-23,25-26H2,1-2H3. The van der Waals surface area contributed by atoms with E-state index < -0.39 is 0 Å². The van der Waals surface area contributed by atoms with E-state index in [1.165, 1.54) is 5.57 Å². The van der Waals surface area contributed by atoms with Crippen LogP contribution in [0.25, 0.3) is 27.7 Å². The van der Waals surface area contributed by atoms with E-state index in [-0.39, 0.29) is 6.09 Å². The van der Waals surface area contributed by atoms with Crippen molar-refractivity contribution >= 4 is 22.6 Å². The van der Waals surface area contributed by atoms with Crippen molar-refractivity contribution < 1.29 is 19.0 Å². The molecule has 2 aromatic heterocycles. The first-order chi connectivity index (χ1) is 22.1. The summed E-state index contributed by atoms with van der Waals surface area (Å²) in [6, 6.07) is 30.3. The Kier molecular flexibility index (Phi) is 9.39. The maximum Gasteiger partial charge on any atom is 0.410 e. The number of hydrogen-bond acceptors (Lipinski definition) is 6. The van der Waals surface area contributed by atoms with E-state index in [4.69, 9.17) is 24.3 Å². The summed E-state index contributed by atoms with van der Waals surface area (Å²) in [5.74, 6) is 0.954. The third-order valence-electron chi connectivity index (χ3n) is 7.95. The lowest BCUT2D eigenvalue weighted by Gasteiger charge is -2.26. The molecule has 0 saturated carbocycles. The first kappa shape index (κ1) is 29.9. The summed E-state index contributed by atoms with van der Waals surface area (Å²) < 4.78 is 19.7. The normalized spacial score (nSPS) is 13.0. The van der Waals surface area contributed by atoms with Gasteiger partial charge in [0, 0.05) is 31.6 Å². The first-order valence-electron chi connectivity index (χ1n) is 15.5. The molecule has 0 aliphatic carbocycles. The Morgan fingerprint density at radius 1 is 0.889 bits per heavy atom. The molecule has 0 bridgehead atoms. The van der Waals surface area contributed by atoms with E-state index in [2.05, 4.69) is 31.2 Å². The average Bonchev–Trinajstić information content (AvgIpc) is 3.42. The molecule has 0 radical (unpaired) electrons. The van der Waals surface area contributed by atoms with Crippen molar-refractivity contribution in [2.24, 2.45) is 7.05 Å². The van der Waals surface area contributed by atoms with Crippen LogP contribution >= 0.6 is 0 Å². The molecule has 6 rings (SSSR count). The van der Waals surface area contributed by atoms with Gasteiger partial charge in [-0.05, 0) is 53.3 Å². The van der Waals surface area contributed by atoms with Crippen LogP contribution in [0.2, 0.25) is 0 Å². The molecule has 3 heterocycles. The molecule has 1 aliphatic heterocycles. The summed E-state index contributed by atoms with van der Waals surface area (Å²) in [5.41, 5.74) is 7.04. The Bertz CT molecular complexity index is 1780. The molecule has 45 heavy (non-hydrogen) atoms. The summed E-state index contributed by atoms with van der Waals surface area (Å²) >= 11 is 0. The molecule has 3 aromatic carbocycles. The van der Waals surface area contributed by atoms with Gasteiger partial charge in [0.1, 0.15) is 18.9 Å². The molecule has 0 atom stereocenters. The second-order valence-corrected chi connectivity index (χ2v) is 11.1. The zero-order valence-corrected chi connectivity index (χ0v) is 25.8. The number of benzene rings is 3. The third-order valence-corrected chi connectivity index (χ3v) is 7.95. The van der Waals surface area contributed by atoms with Crippen LogP contribution in [0, 0.1) is 0 Å². The van der Waals surface area contributed by atoms with Gasteiger partial charge in [-0.15, -0.1) is 0 Å². The van der Waals surface area contributed by atoms with Crippen LogP contribution in [-0.4, -0.2) is 45.5 Å². The molecule has 1 amide bonds. The summed E-state index contributed by atoms with van der Waals surface area (Å²) in [5, 5.41) is 5.93. The predicted octanol–water partition coefficient (Wildman–Crippen LogP) is 7.82. The van der Waals surface area contributed by atoms with Crippen LogP contribution in [0.3, 0.4) is 0 Å². The quantitative estimate of drug-likeness (QED) is 0.144. The fourth-order valence-electron chi connectivity index (χ4n) is 5.40. The number of unbranched alkanes of at least 4 members (excludes halogenated alkanes) is 1. The number of aromatic nitrogens is 3. The Labute approximate surface area is 263 Å². The summed E-state index contributed by atoms with van der Waals surface area (Å²) in [6.45, 7) is 4.52. The van der Waals surface area contributed by atoms with E-state index in [1.807, 2.05) is 84.5 Å². The highest BCUT2D eigenvalue weighted by molar-refractivity contribution is 5.96. The molecule has 5 aromatic rings. The number of ether oxygens (including phenoxy) is 3. The number of rotatable bonds is 11. The number of carbonyl (C=O) groups excluding carboxylic acids is 1. The molecule has 0 saturated heterocycles. The van der Waals surface area contributed by atoms with E-state index in [0.29, 0.717) is 44.7 Å². The fraction of sp³-hybridized carbons (Fsp3) is 0.270. The number of carbonyl (C=O) groups is 1. The molecule has 8 nitrogen and oxygen atoms in total. The minimum Gasteiger partial charge on any atom is -0.473 e. The molecule has 1 aliphatic rings. The average molecular weight is 603 g/mol. The smallest absolute Gasteiger partial charge is 0.410 e. The summed E-state index contributed by atoms with van der Waals surface area (Å²) in [7, 11) is 1.95. The van der Waals surface area contributed by atoms with Crippen LogP contribution in [0.15, 0.2) is 97.1 Å². The maximum atomic E-state index is 12.4. The molecular weight excluding hydrogens is 564 g/mol. The number of hydrogen-bond donors (Lipinski definition) is 0. The van der Waals surface area contributed by atoms with Gasteiger partial charge < -0.3 is 19.1 Å². The lowest BCUT2D eigenvalue weighted by Crippen LogP contribution is -2.35. The molecule has 0 N–H and O–H groups in total. The molecule has 0 spiro atoms. The van der Waals surface area contributed by atoms with Crippen molar-refractivity contribution in [3.05, 3.63) is 114 Å². The van der Waals surface area contributed by atoms with Gasteiger partial charge in [0.05, 0.1) is 17.7 Å². The van der Waals surface area contributed by atoms with Crippen molar-refractivity contribution in [1.82, 2.24) is 19.7 Å². The van der Waals surface area contributed by atoms with Gasteiger partial charge in [0.25, 0.3) is 0 Å². The summed E-state index contributed by atoms with van der Waals surface area (Å²) in [6.07, 6.45) is 4.54. The van der Waals surface area contributed by atoms with Crippen LogP contribution in [0.1, 0.15) is 42.9 Å². The van der Waals surface area contributed by atoms with Crippen LogP contribution in [0.5, 0.6) is 11.8 Å². The molecule has 0 unspecified atom stereocenters. The number of fused-ring (bicyclic) bond motifs is 1. The lowest BCUT2D eigenvalue weighted by atomic mass is 9.97. The Balaban J connectivity index is 1.25. The Hall–Kier alpha value is -5.11. The third kappa shape index (κ3) is 7.17. The molecule has 230 valence electrons. The number of pyridine rings is 1. The van der Waals surface area contributed by atoms with Crippen molar-refractivity contribution in [2.75, 3.05) is 19.7 Å². The monoisotopic (exact) mass is 602 g/mol. The first-order valence-corrected chi connectivity index (χ1v) is 15.5. The number of nitrogens with zero attached hydrogens (tertiary/aromatic N) is 4. The van der Waals surface area contributed by atoms with Gasteiger partial charge >= 0.3 is 6.09 Å². The van der Waals surface area contributed by atoms with Gasteiger partial charge in [-0.2, -0.15) is 10.1 Å². The Morgan fingerprint density at radius 2 is 1.62 bits per heavy atom. The Morgan fingerprint density at radius 3 is 2.31 bits per heavy atom. The number of aryl methyl sites for hydroxylation is 1. The lowest BCUT2D eigenvalue weighted by molar-refractivity contribution is 0.105. The van der Waals surface area contributed by atoms with E-state index in [0.717, 1.165) is 58.1 Å². The summed E-state index contributed by atoms with van der Waals surface area (Å²) in [4.78, 5) is 18.9. The van der Waals surface area contributed by atoms with Crippen LogP contribution in [0.4, 0.5) is 4.79 Å². The second-order valence-electron chi connectivity index (χ2n) is 11.1. The SMILES string of the molecule is CCCCOC(=O)N1CC=C(c2ccc3c(-c4ccc(OCc5ccccc5)nc4OCc4ccccc4)nn(C)c3c2)CC1. The predicted molar refractivity (Wildman–Crippen MR) is 176 cm³/mol. The van der Waals surface area contributed by atoms with Gasteiger partial charge in [-0.1, -0.05) is 86.2 Å². The largest absolute Gasteiger partial charge is 0.473 e. The van der Waals surface area contributed by atoms with Gasteiger partial charge in [-0.25, -0.2) is 4.79 Å². The van der Waals surface area contributed by atoms with Gasteiger partial charge in [0.2, 0.25) is 11.8 Å². The van der Waals surface area contributed by atoms with Crippen molar-refractivity contribution in [3.63, 3.8) is 0 Å². The number of amides is 1. The van der Waals surface area contributed by atoms with E-state index in [1.54, 1.807) is 4.90 Å². The van der Waals surface area contributed by atoms with Crippen LogP contribution in [-0.2, 0) is 25.0 Å². The van der Waals surface area contributed by atoms with Crippen LogP contribution < -0.4 is 9.47 Å². The molecule has 8 heteroatoms.